The van der Waals surface area contributed by atoms with Crippen LogP contribution in [0.2, 0.25) is 0 Å². The maximum Gasteiger partial charge on any atom is 0.305 e. The molecule has 6 heteroatoms. The van der Waals surface area contributed by atoms with Gasteiger partial charge in [-0.3, -0.25) is 9.59 Å². The number of amides is 1. The van der Waals surface area contributed by atoms with Gasteiger partial charge < -0.3 is 20.3 Å². The van der Waals surface area contributed by atoms with Gasteiger partial charge in [-0.1, -0.05) is 341 Å². The molecule has 0 aromatic rings. The number of unbranched alkanes of at least 4 members (excludes halogenated alkanes) is 51. The lowest BCUT2D eigenvalue weighted by Crippen LogP contribution is -2.45. The lowest BCUT2D eigenvalue weighted by molar-refractivity contribution is -0.143. The number of hydrogen-bond donors (Lipinski definition) is 3. The van der Waals surface area contributed by atoms with Crippen LogP contribution in [-0.2, 0) is 14.3 Å². The molecule has 0 radical (unpaired) electrons. The highest BCUT2D eigenvalue weighted by atomic mass is 16.5. The summed E-state index contributed by atoms with van der Waals surface area (Å²) in [5, 5.41) is 23.1. The van der Waals surface area contributed by atoms with Crippen molar-refractivity contribution in [2.75, 3.05) is 13.2 Å². The van der Waals surface area contributed by atoms with Crippen molar-refractivity contribution in [1.82, 2.24) is 5.32 Å². The molecule has 1 amide bonds. The molecule has 0 aliphatic heterocycles. The van der Waals surface area contributed by atoms with E-state index in [0.717, 1.165) is 38.5 Å². The Balaban J connectivity index is 3.35. The molecule has 2 unspecified atom stereocenters. The highest BCUT2D eigenvalue weighted by Crippen LogP contribution is 2.19. The maximum atomic E-state index is 12.5. The van der Waals surface area contributed by atoms with Gasteiger partial charge >= 0.3 is 5.97 Å². The number of aliphatic hydroxyl groups is 2. The number of esters is 1. The van der Waals surface area contributed by atoms with Gasteiger partial charge in [0.15, 0.2) is 0 Å². The Labute approximate surface area is 450 Å². The predicted molar refractivity (Wildman–Crippen MR) is 315 cm³/mol. The first kappa shape index (κ1) is 70.6. The molecule has 0 aliphatic rings. The summed E-state index contributed by atoms with van der Waals surface area (Å²) in [6.07, 6.45) is 75.5. The molecule has 0 saturated carbocycles. The lowest BCUT2D eigenvalue weighted by Gasteiger charge is -2.20. The first-order valence-corrected chi connectivity index (χ1v) is 33.0. The minimum absolute atomic E-state index is 0.0191. The van der Waals surface area contributed by atoms with Gasteiger partial charge in [0, 0.05) is 12.8 Å². The molecule has 0 aromatic heterocycles. The second-order valence-corrected chi connectivity index (χ2v) is 22.8. The van der Waals surface area contributed by atoms with Crippen LogP contribution in [0.5, 0.6) is 0 Å². The summed E-state index contributed by atoms with van der Waals surface area (Å²) in [4.78, 5) is 24.6. The quantitative estimate of drug-likeness (QED) is 0.0320. The zero-order valence-electron chi connectivity index (χ0n) is 48.9. The smallest absolute Gasteiger partial charge is 0.305 e. The van der Waals surface area contributed by atoms with Gasteiger partial charge in [0.2, 0.25) is 5.91 Å². The van der Waals surface area contributed by atoms with Gasteiger partial charge in [0.25, 0.3) is 0 Å². The largest absolute Gasteiger partial charge is 0.466 e. The standard InChI is InChI=1S/C66H129NO5/c1-3-5-7-9-11-13-15-17-19-20-29-32-36-40-44-48-52-56-60-66(71)72-61-57-53-49-45-41-37-33-30-27-25-23-21-22-24-26-28-31-35-39-43-47-51-55-59-65(70)67-63(62-68)64(69)58-54-50-46-42-38-34-18-16-14-12-10-8-6-4-2/h54,58,63-64,68-69H,3-53,55-57,59-62H2,1-2H3,(H,67,70)/b58-54+. The second-order valence-electron chi connectivity index (χ2n) is 22.8. The molecule has 2 atom stereocenters. The zero-order valence-corrected chi connectivity index (χ0v) is 48.9. The molecule has 0 saturated heterocycles. The third kappa shape index (κ3) is 57.9. The fourth-order valence-electron chi connectivity index (χ4n) is 10.5. The Kier molecular flexibility index (Phi) is 60.9. The Bertz CT molecular complexity index is 1080. The van der Waals surface area contributed by atoms with Crippen LogP contribution in [-0.4, -0.2) is 47.4 Å². The summed E-state index contributed by atoms with van der Waals surface area (Å²) in [7, 11) is 0. The topological polar surface area (TPSA) is 95.9 Å². The number of carbonyl (C=O) groups is 2. The van der Waals surface area contributed by atoms with E-state index < -0.39 is 12.1 Å². The van der Waals surface area contributed by atoms with E-state index in [1.165, 1.54) is 308 Å². The van der Waals surface area contributed by atoms with Crippen molar-refractivity contribution in [3.05, 3.63) is 12.2 Å². The SMILES string of the molecule is CCCCCCCCCCCCCC/C=C/C(O)C(CO)NC(=O)CCCCCCCCCCCCCCCCCCCCCCCCCOC(=O)CCCCCCCCCCCCCCCCCCCC. The fourth-order valence-corrected chi connectivity index (χ4v) is 10.5. The van der Waals surface area contributed by atoms with Crippen molar-refractivity contribution in [2.24, 2.45) is 0 Å². The van der Waals surface area contributed by atoms with E-state index in [4.69, 9.17) is 4.74 Å². The molecule has 428 valence electrons. The van der Waals surface area contributed by atoms with Crippen molar-refractivity contribution in [3.8, 4) is 0 Å². The summed E-state index contributed by atoms with van der Waals surface area (Å²) >= 11 is 0. The minimum atomic E-state index is -0.843. The Morgan fingerprint density at radius 2 is 0.639 bits per heavy atom. The number of rotatable bonds is 62. The molecular formula is C66H129NO5. The first-order valence-electron chi connectivity index (χ1n) is 33.0. The van der Waals surface area contributed by atoms with Crippen molar-refractivity contribution >= 4 is 11.9 Å². The Morgan fingerprint density at radius 1 is 0.375 bits per heavy atom. The van der Waals surface area contributed by atoms with E-state index in [0.29, 0.717) is 19.4 Å². The van der Waals surface area contributed by atoms with Crippen molar-refractivity contribution in [3.63, 3.8) is 0 Å². The van der Waals surface area contributed by atoms with E-state index >= 15 is 0 Å². The summed E-state index contributed by atoms with van der Waals surface area (Å²) in [6, 6.07) is -0.626. The highest BCUT2D eigenvalue weighted by Gasteiger charge is 2.18. The van der Waals surface area contributed by atoms with Gasteiger partial charge in [-0.05, 0) is 32.1 Å². The van der Waals surface area contributed by atoms with E-state index in [1.54, 1.807) is 6.08 Å². The number of allylic oxidation sites excluding steroid dienone is 1. The predicted octanol–water partition coefficient (Wildman–Crippen LogP) is 20.8. The van der Waals surface area contributed by atoms with Crippen LogP contribution in [0, 0.1) is 0 Å². The van der Waals surface area contributed by atoms with Crippen LogP contribution < -0.4 is 5.32 Å². The van der Waals surface area contributed by atoms with E-state index in [1.807, 2.05) is 6.08 Å². The molecule has 6 nitrogen and oxygen atoms in total. The monoisotopic (exact) mass is 1020 g/mol. The average Bonchev–Trinajstić information content (AvgIpc) is 3.38. The lowest BCUT2D eigenvalue weighted by atomic mass is 10.0. The van der Waals surface area contributed by atoms with Gasteiger partial charge in [-0.2, -0.15) is 0 Å². The third-order valence-electron chi connectivity index (χ3n) is 15.6. The zero-order chi connectivity index (χ0) is 52.2. The van der Waals surface area contributed by atoms with Crippen LogP contribution in [0.25, 0.3) is 0 Å². The molecule has 0 aromatic carbocycles. The number of aliphatic hydroxyl groups excluding tert-OH is 2. The van der Waals surface area contributed by atoms with E-state index in [9.17, 15) is 19.8 Å². The molecular weight excluding hydrogens is 887 g/mol. The molecule has 72 heavy (non-hydrogen) atoms. The van der Waals surface area contributed by atoms with Crippen molar-refractivity contribution < 1.29 is 24.5 Å². The summed E-state index contributed by atoms with van der Waals surface area (Å²) in [5.74, 6) is -0.0462. The highest BCUT2D eigenvalue weighted by molar-refractivity contribution is 5.76. The molecule has 0 aliphatic carbocycles. The molecule has 0 fully saturated rings. The normalized spacial score (nSPS) is 12.6. The molecule has 0 spiro atoms. The number of nitrogens with one attached hydrogen (secondary N) is 1. The van der Waals surface area contributed by atoms with Gasteiger partial charge in [0.1, 0.15) is 0 Å². The van der Waals surface area contributed by atoms with Crippen LogP contribution in [0.4, 0.5) is 0 Å². The summed E-state index contributed by atoms with van der Waals surface area (Å²) in [5.41, 5.74) is 0. The second kappa shape index (κ2) is 62.1. The molecule has 0 bridgehead atoms. The van der Waals surface area contributed by atoms with Gasteiger partial charge in [-0.25, -0.2) is 0 Å². The van der Waals surface area contributed by atoms with Gasteiger partial charge in [-0.15, -0.1) is 0 Å². The van der Waals surface area contributed by atoms with Crippen LogP contribution >= 0.6 is 0 Å². The third-order valence-corrected chi connectivity index (χ3v) is 15.6. The Hall–Kier alpha value is -1.40. The van der Waals surface area contributed by atoms with E-state index in [2.05, 4.69) is 19.2 Å². The van der Waals surface area contributed by atoms with Crippen LogP contribution in [0.3, 0.4) is 0 Å². The maximum absolute atomic E-state index is 12.5. The molecule has 0 rings (SSSR count). The molecule has 3 N–H and O–H groups in total. The number of hydrogen-bond acceptors (Lipinski definition) is 5. The number of carbonyl (C=O) groups excluding carboxylic acids is 2. The Morgan fingerprint density at radius 3 is 0.944 bits per heavy atom. The fraction of sp³-hybridized carbons (Fsp3) is 0.939. The minimum Gasteiger partial charge on any atom is -0.466 e. The average molecular weight is 1020 g/mol. The van der Waals surface area contributed by atoms with E-state index in [-0.39, 0.29) is 18.5 Å². The summed E-state index contributed by atoms with van der Waals surface area (Å²) < 4.78 is 5.51. The molecule has 0 heterocycles. The first-order chi connectivity index (χ1) is 35.5. The van der Waals surface area contributed by atoms with Crippen molar-refractivity contribution in [2.45, 2.75) is 386 Å². The van der Waals surface area contributed by atoms with Crippen LogP contribution in [0.15, 0.2) is 12.2 Å². The number of ether oxygens (including phenoxy) is 1. The summed E-state index contributed by atoms with van der Waals surface area (Å²) in [6.45, 7) is 4.94. The van der Waals surface area contributed by atoms with Crippen molar-refractivity contribution in [1.29, 1.82) is 0 Å². The van der Waals surface area contributed by atoms with Crippen LogP contribution in [0.1, 0.15) is 373 Å². The van der Waals surface area contributed by atoms with Gasteiger partial charge in [0.05, 0.1) is 25.4 Å².